The van der Waals surface area contributed by atoms with Crippen LogP contribution in [0.15, 0.2) is 35.3 Å². The molecule has 0 radical (unpaired) electrons. The number of rotatable bonds is 4. The highest BCUT2D eigenvalue weighted by molar-refractivity contribution is 7.08. The quantitative estimate of drug-likeness (QED) is 0.705. The topological polar surface area (TPSA) is 105 Å². The van der Waals surface area contributed by atoms with Gasteiger partial charge in [-0.3, -0.25) is 4.79 Å². The molecular formula is C20H23F3N4O4S. The largest absolute Gasteiger partial charge is 0.490 e. The number of anilines is 1. The summed E-state index contributed by atoms with van der Waals surface area (Å²) in [5.74, 6) is -2.00. The fraction of sp³-hybridized carbons (Fsp3) is 0.500. The van der Waals surface area contributed by atoms with Gasteiger partial charge in [-0.1, -0.05) is 0 Å². The standard InChI is InChI=1S/C18H22N4O2S.C2HF3O2/c23-16(14-4-10-25-12-14)21-11-15-3-1-5-18(24-15)6-9-22(13-18)17-19-7-2-8-20-17;3-2(4,5)1(6)7/h2,4,7-8,10,12,15H,1,3,5-6,9,11,13H2,(H,21,23);(H,6,7)/t15-,18+;/m0./s1. The van der Waals surface area contributed by atoms with E-state index < -0.39 is 12.1 Å². The Kier molecular flexibility index (Phi) is 7.67. The second kappa shape index (κ2) is 10.3. The van der Waals surface area contributed by atoms with E-state index in [1.807, 2.05) is 22.9 Å². The van der Waals surface area contributed by atoms with Crippen molar-refractivity contribution in [1.29, 1.82) is 0 Å². The molecule has 12 heteroatoms. The summed E-state index contributed by atoms with van der Waals surface area (Å²) in [6.45, 7) is 2.31. The molecule has 0 bridgehead atoms. The van der Waals surface area contributed by atoms with Crippen LogP contribution in [-0.4, -0.2) is 64.5 Å². The number of ether oxygens (including phenoxy) is 1. The van der Waals surface area contributed by atoms with Crippen LogP contribution in [0, 0.1) is 0 Å². The molecule has 1 amide bonds. The first-order chi connectivity index (χ1) is 15.2. The summed E-state index contributed by atoms with van der Waals surface area (Å²) in [4.78, 5) is 31.9. The zero-order valence-corrected chi connectivity index (χ0v) is 17.9. The van der Waals surface area contributed by atoms with E-state index in [0.717, 1.165) is 50.3 Å². The number of carbonyl (C=O) groups is 2. The van der Waals surface area contributed by atoms with Gasteiger partial charge in [-0.25, -0.2) is 14.8 Å². The molecule has 2 aromatic rings. The number of nitrogens with zero attached hydrogens (tertiary/aromatic N) is 3. The van der Waals surface area contributed by atoms with Crippen LogP contribution in [0.5, 0.6) is 0 Å². The second-order valence-corrected chi connectivity index (χ2v) is 8.34. The smallest absolute Gasteiger partial charge is 0.475 e. The zero-order chi connectivity index (χ0) is 23.2. The molecule has 1 spiro atoms. The fourth-order valence-electron chi connectivity index (χ4n) is 3.74. The average Bonchev–Trinajstić information content (AvgIpc) is 3.44. The van der Waals surface area contributed by atoms with E-state index in [0.29, 0.717) is 6.54 Å². The third-order valence-corrected chi connectivity index (χ3v) is 5.93. The van der Waals surface area contributed by atoms with E-state index >= 15 is 0 Å². The molecule has 8 nitrogen and oxygen atoms in total. The van der Waals surface area contributed by atoms with Crippen molar-refractivity contribution in [1.82, 2.24) is 15.3 Å². The first-order valence-corrected chi connectivity index (χ1v) is 10.9. The van der Waals surface area contributed by atoms with E-state index in [4.69, 9.17) is 14.6 Å². The number of aliphatic carboxylic acids is 1. The molecule has 2 N–H and O–H groups in total. The van der Waals surface area contributed by atoms with E-state index in [1.54, 1.807) is 12.4 Å². The Morgan fingerprint density at radius 3 is 2.66 bits per heavy atom. The molecule has 174 valence electrons. The molecule has 2 atom stereocenters. The normalized spacial score (nSPS) is 22.8. The summed E-state index contributed by atoms with van der Waals surface area (Å²) in [6.07, 6.45) is 2.71. The highest BCUT2D eigenvalue weighted by Crippen LogP contribution is 2.37. The number of halogens is 3. The first kappa shape index (κ1) is 23.9. The minimum absolute atomic E-state index is 0.0183. The van der Waals surface area contributed by atoms with Crippen LogP contribution < -0.4 is 10.2 Å². The lowest BCUT2D eigenvalue weighted by Crippen LogP contribution is -2.47. The summed E-state index contributed by atoms with van der Waals surface area (Å²) in [7, 11) is 0. The Bertz CT molecular complexity index is 898. The molecule has 2 fully saturated rings. The Morgan fingerprint density at radius 1 is 1.31 bits per heavy atom. The van der Waals surface area contributed by atoms with Crippen LogP contribution in [0.3, 0.4) is 0 Å². The van der Waals surface area contributed by atoms with Crippen LogP contribution in [-0.2, 0) is 9.53 Å². The Morgan fingerprint density at radius 2 is 2.03 bits per heavy atom. The van der Waals surface area contributed by atoms with Gasteiger partial charge in [0.2, 0.25) is 5.95 Å². The van der Waals surface area contributed by atoms with Gasteiger partial charge in [0.1, 0.15) is 0 Å². The number of aromatic nitrogens is 2. The molecule has 32 heavy (non-hydrogen) atoms. The van der Waals surface area contributed by atoms with Crippen molar-refractivity contribution in [2.75, 3.05) is 24.5 Å². The highest BCUT2D eigenvalue weighted by Gasteiger charge is 2.43. The number of alkyl halides is 3. The monoisotopic (exact) mass is 472 g/mol. The van der Waals surface area contributed by atoms with Gasteiger partial charge in [-0.15, -0.1) is 0 Å². The van der Waals surface area contributed by atoms with Gasteiger partial charge in [0.05, 0.1) is 11.7 Å². The lowest BCUT2D eigenvalue weighted by atomic mass is 9.90. The van der Waals surface area contributed by atoms with Crippen molar-refractivity contribution in [2.45, 2.75) is 43.6 Å². The van der Waals surface area contributed by atoms with Crippen LogP contribution in [0.4, 0.5) is 19.1 Å². The summed E-state index contributed by atoms with van der Waals surface area (Å²) in [5, 5.41) is 13.9. The SMILES string of the molecule is O=C(NC[C@@H]1CCC[C@]2(CCN(c3ncccn3)C2)O1)c1ccsc1.O=C(O)C(F)(F)F. The number of hydrogen-bond donors (Lipinski definition) is 2. The zero-order valence-electron chi connectivity index (χ0n) is 17.0. The van der Waals surface area contributed by atoms with Gasteiger partial charge in [0, 0.05) is 43.0 Å². The van der Waals surface area contributed by atoms with Crippen molar-refractivity contribution in [3.8, 4) is 0 Å². The van der Waals surface area contributed by atoms with Crippen LogP contribution in [0.1, 0.15) is 36.0 Å². The Balaban J connectivity index is 0.000000360. The Labute approximate surface area is 186 Å². The summed E-state index contributed by atoms with van der Waals surface area (Å²) in [6, 6.07) is 3.68. The van der Waals surface area contributed by atoms with Crippen molar-refractivity contribution < 1.29 is 32.6 Å². The molecule has 2 aromatic heterocycles. The average molecular weight is 472 g/mol. The number of amides is 1. The molecular weight excluding hydrogens is 449 g/mol. The third kappa shape index (κ3) is 6.39. The molecule has 4 heterocycles. The lowest BCUT2D eigenvalue weighted by molar-refractivity contribution is -0.192. The van der Waals surface area contributed by atoms with Gasteiger partial charge in [0.25, 0.3) is 5.91 Å². The third-order valence-electron chi connectivity index (χ3n) is 5.24. The number of thiophene rings is 1. The van der Waals surface area contributed by atoms with Gasteiger partial charge in [0.15, 0.2) is 0 Å². The maximum absolute atomic E-state index is 12.1. The summed E-state index contributed by atoms with van der Waals surface area (Å²) >= 11 is 1.53. The van der Waals surface area contributed by atoms with Crippen molar-refractivity contribution >= 4 is 29.2 Å². The van der Waals surface area contributed by atoms with Crippen LogP contribution >= 0.6 is 11.3 Å². The summed E-state index contributed by atoms with van der Waals surface area (Å²) in [5.41, 5.74) is 0.596. The number of carboxylic acid groups (broad SMARTS) is 1. The molecule has 0 unspecified atom stereocenters. The van der Waals surface area contributed by atoms with E-state index in [-0.39, 0.29) is 17.6 Å². The van der Waals surface area contributed by atoms with Gasteiger partial charge < -0.3 is 20.1 Å². The maximum atomic E-state index is 12.1. The highest BCUT2D eigenvalue weighted by atomic mass is 32.1. The van der Waals surface area contributed by atoms with E-state index in [9.17, 15) is 18.0 Å². The van der Waals surface area contributed by atoms with Gasteiger partial charge in [-0.2, -0.15) is 24.5 Å². The number of hydrogen-bond acceptors (Lipinski definition) is 7. The lowest BCUT2D eigenvalue weighted by Gasteiger charge is -2.38. The second-order valence-electron chi connectivity index (χ2n) is 7.56. The van der Waals surface area contributed by atoms with Crippen molar-refractivity contribution in [2.24, 2.45) is 0 Å². The predicted octanol–water partition coefficient (Wildman–Crippen LogP) is 3.12. The Hall–Kier alpha value is -2.73. The van der Waals surface area contributed by atoms with Crippen molar-refractivity contribution in [3.05, 3.63) is 40.8 Å². The number of carboxylic acids is 1. The van der Waals surface area contributed by atoms with Gasteiger partial charge in [-0.05, 0) is 43.2 Å². The van der Waals surface area contributed by atoms with Crippen LogP contribution in [0.2, 0.25) is 0 Å². The van der Waals surface area contributed by atoms with E-state index in [2.05, 4.69) is 20.2 Å². The minimum Gasteiger partial charge on any atom is -0.475 e. The first-order valence-electron chi connectivity index (χ1n) is 9.99. The van der Waals surface area contributed by atoms with E-state index in [1.165, 1.54) is 11.3 Å². The molecule has 2 aliphatic heterocycles. The molecule has 4 rings (SSSR count). The predicted molar refractivity (Wildman–Crippen MR) is 111 cm³/mol. The molecule has 2 aliphatic rings. The van der Waals surface area contributed by atoms with Crippen molar-refractivity contribution in [3.63, 3.8) is 0 Å². The minimum atomic E-state index is -5.08. The molecule has 0 aliphatic carbocycles. The number of carbonyl (C=O) groups excluding carboxylic acids is 1. The number of nitrogens with one attached hydrogen (secondary N) is 1. The summed E-state index contributed by atoms with van der Waals surface area (Å²) < 4.78 is 38.2. The fourth-order valence-corrected chi connectivity index (χ4v) is 4.38. The molecule has 2 saturated heterocycles. The maximum Gasteiger partial charge on any atom is 0.490 e. The van der Waals surface area contributed by atoms with Gasteiger partial charge >= 0.3 is 12.1 Å². The molecule has 0 aromatic carbocycles. The molecule has 0 saturated carbocycles. The van der Waals surface area contributed by atoms with Crippen LogP contribution in [0.25, 0.3) is 0 Å².